The zero-order chi connectivity index (χ0) is 19.1. The minimum atomic E-state index is -0.896. The van der Waals surface area contributed by atoms with E-state index >= 15 is 0 Å². The summed E-state index contributed by atoms with van der Waals surface area (Å²) >= 11 is 0. The molecule has 0 aliphatic heterocycles. The number of rotatable bonds is 7. The average molecular weight is 364 g/mol. The van der Waals surface area contributed by atoms with Crippen LogP contribution in [0.2, 0.25) is 0 Å². The maximum Gasteiger partial charge on any atom is 0.244 e. The van der Waals surface area contributed by atoms with Crippen molar-refractivity contribution in [1.29, 1.82) is 0 Å². The first-order valence-corrected chi connectivity index (χ1v) is 8.17. The summed E-state index contributed by atoms with van der Waals surface area (Å²) in [6, 6.07) is 9.37. The van der Waals surface area contributed by atoms with Crippen molar-refractivity contribution < 1.29 is 22.8 Å². The first-order valence-electron chi connectivity index (χ1n) is 8.17. The van der Waals surface area contributed by atoms with Gasteiger partial charge in [-0.15, -0.1) is 0 Å². The van der Waals surface area contributed by atoms with E-state index in [2.05, 4.69) is 5.32 Å². The van der Waals surface area contributed by atoms with Crippen molar-refractivity contribution in [2.75, 3.05) is 18.4 Å². The number of aryl methyl sites for hydroxylation is 1. The lowest BCUT2D eigenvalue weighted by atomic mass is 10.1. The smallest absolute Gasteiger partial charge is 0.244 e. The Labute approximate surface area is 149 Å². The second-order valence-corrected chi connectivity index (χ2v) is 5.64. The Morgan fingerprint density at radius 3 is 2.19 bits per heavy atom. The Hall–Kier alpha value is -2.83. The van der Waals surface area contributed by atoms with E-state index in [0.717, 1.165) is 12.1 Å². The Morgan fingerprint density at radius 1 is 0.962 bits per heavy atom. The number of nitrogens with one attached hydrogen (secondary N) is 1. The first-order chi connectivity index (χ1) is 12.4. The van der Waals surface area contributed by atoms with Crippen molar-refractivity contribution >= 4 is 17.5 Å². The molecule has 0 aromatic heterocycles. The molecule has 0 heterocycles. The van der Waals surface area contributed by atoms with Crippen molar-refractivity contribution in [3.05, 3.63) is 65.5 Å². The van der Waals surface area contributed by atoms with Gasteiger partial charge in [0.15, 0.2) is 0 Å². The summed E-state index contributed by atoms with van der Waals surface area (Å²) in [5.41, 5.74) is -0.137. The number of nitrogens with zero attached hydrogens (tertiary/aromatic N) is 1. The second kappa shape index (κ2) is 9.03. The maximum absolute atomic E-state index is 13.6. The van der Waals surface area contributed by atoms with Crippen molar-refractivity contribution in [2.24, 2.45) is 0 Å². The van der Waals surface area contributed by atoms with Crippen LogP contribution < -0.4 is 5.32 Å². The summed E-state index contributed by atoms with van der Waals surface area (Å²) in [5, 5.41) is 2.14. The number of amides is 2. The molecule has 0 bridgehead atoms. The van der Waals surface area contributed by atoms with Gasteiger partial charge in [0.05, 0.1) is 6.54 Å². The lowest BCUT2D eigenvalue weighted by molar-refractivity contribution is -0.134. The molecule has 0 unspecified atom stereocenters. The number of carbonyl (C=O) groups is 2. The van der Waals surface area contributed by atoms with Gasteiger partial charge in [-0.1, -0.05) is 24.3 Å². The van der Waals surface area contributed by atoms with Gasteiger partial charge in [0.1, 0.15) is 23.1 Å². The third-order valence-electron chi connectivity index (χ3n) is 3.86. The second-order valence-electron chi connectivity index (χ2n) is 5.64. The largest absolute Gasteiger partial charge is 0.334 e. The Morgan fingerprint density at radius 2 is 1.58 bits per heavy atom. The first kappa shape index (κ1) is 19.5. The molecule has 138 valence electrons. The molecule has 2 rings (SSSR count). The lowest BCUT2D eigenvalue weighted by Gasteiger charge is -2.20. The zero-order valence-corrected chi connectivity index (χ0v) is 14.3. The molecular formula is C19H19F3N2O2. The fourth-order valence-corrected chi connectivity index (χ4v) is 2.45. The van der Waals surface area contributed by atoms with E-state index in [1.807, 2.05) is 0 Å². The molecule has 2 aromatic carbocycles. The fraction of sp³-hybridized carbons (Fsp3) is 0.263. The van der Waals surface area contributed by atoms with Crippen LogP contribution in [-0.2, 0) is 16.0 Å². The number of carbonyl (C=O) groups excluding carboxylic acids is 2. The molecule has 0 aliphatic carbocycles. The number of benzene rings is 2. The van der Waals surface area contributed by atoms with E-state index in [0.29, 0.717) is 5.56 Å². The summed E-state index contributed by atoms with van der Waals surface area (Å²) in [7, 11) is 0. The minimum Gasteiger partial charge on any atom is -0.334 e. The topological polar surface area (TPSA) is 49.4 Å². The van der Waals surface area contributed by atoms with E-state index in [4.69, 9.17) is 0 Å². The molecule has 0 radical (unpaired) electrons. The molecule has 1 N–H and O–H groups in total. The van der Waals surface area contributed by atoms with E-state index in [-0.39, 0.29) is 31.8 Å². The van der Waals surface area contributed by atoms with Gasteiger partial charge in [-0.2, -0.15) is 0 Å². The lowest BCUT2D eigenvalue weighted by Crippen LogP contribution is -2.38. The average Bonchev–Trinajstić information content (AvgIpc) is 2.62. The Bertz CT molecular complexity index is 776. The van der Waals surface area contributed by atoms with Crippen molar-refractivity contribution in [3.63, 3.8) is 0 Å². The number of halogens is 3. The van der Waals surface area contributed by atoms with Crippen LogP contribution in [0.15, 0.2) is 42.5 Å². The minimum absolute atomic E-state index is 0.0239. The summed E-state index contributed by atoms with van der Waals surface area (Å²) < 4.78 is 40.7. The number of hydrogen-bond acceptors (Lipinski definition) is 2. The highest BCUT2D eigenvalue weighted by atomic mass is 19.1. The van der Waals surface area contributed by atoms with E-state index in [1.54, 1.807) is 25.1 Å². The van der Waals surface area contributed by atoms with Crippen molar-refractivity contribution in [1.82, 2.24) is 4.90 Å². The number of anilines is 1. The maximum atomic E-state index is 13.6. The number of para-hydroxylation sites is 1. The van der Waals surface area contributed by atoms with Crippen LogP contribution in [0.4, 0.5) is 18.9 Å². The molecule has 4 nitrogen and oxygen atoms in total. The van der Waals surface area contributed by atoms with Gasteiger partial charge in [0.25, 0.3) is 0 Å². The van der Waals surface area contributed by atoms with Crippen molar-refractivity contribution in [2.45, 2.75) is 19.8 Å². The van der Waals surface area contributed by atoms with Crippen molar-refractivity contribution in [3.8, 4) is 0 Å². The molecule has 0 saturated carbocycles. The predicted molar refractivity (Wildman–Crippen MR) is 92.0 cm³/mol. The molecule has 2 aromatic rings. The summed E-state index contributed by atoms with van der Waals surface area (Å²) in [6.45, 7) is 1.57. The Kier molecular flexibility index (Phi) is 6.77. The standard InChI is InChI=1S/C19H19F3N2O2/c1-2-24(18(26)11-10-13-6-3-4-7-14(13)20)12-17(25)23-19-15(21)8-5-9-16(19)22/h3-9H,2,10-12H2,1H3,(H,23,25). The molecule has 0 spiro atoms. The third kappa shape index (κ3) is 5.08. The molecule has 0 saturated heterocycles. The highest BCUT2D eigenvalue weighted by Crippen LogP contribution is 2.18. The SMILES string of the molecule is CCN(CC(=O)Nc1c(F)cccc1F)C(=O)CCc1ccccc1F. The van der Waals surface area contributed by atoms with Crippen LogP contribution in [0.3, 0.4) is 0 Å². The quantitative estimate of drug-likeness (QED) is 0.817. The molecule has 0 atom stereocenters. The highest BCUT2D eigenvalue weighted by Gasteiger charge is 2.18. The van der Waals surface area contributed by atoms with Crippen LogP contribution >= 0.6 is 0 Å². The van der Waals surface area contributed by atoms with Gasteiger partial charge >= 0.3 is 0 Å². The van der Waals surface area contributed by atoms with Crippen LogP contribution in [0, 0.1) is 17.5 Å². The molecule has 0 aliphatic rings. The van der Waals surface area contributed by atoms with Gasteiger partial charge in [-0.3, -0.25) is 9.59 Å². The summed E-state index contributed by atoms with van der Waals surface area (Å²) in [6.07, 6.45) is 0.224. The van der Waals surface area contributed by atoms with Gasteiger partial charge in [0, 0.05) is 13.0 Å². The van der Waals surface area contributed by atoms with Gasteiger partial charge < -0.3 is 10.2 Å². The van der Waals surface area contributed by atoms with E-state index in [1.165, 1.54) is 17.0 Å². The highest BCUT2D eigenvalue weighted by molar-refractivity contribution is 5.94. The number of likely N-dealkylation sites (N-methyl/N-ethyl adjacent to an activating group) is 1. The fourth-order valence-electron chi connectivity index (χ4n) is 2.45. The van der Waals surface area contributed by atoms with Crippen LogP contribution in [0.1, 0.15) is 18.9 Å². The van der Waals surface area contributed by atoms with Crippen LogP contribution in [0.25, 0.3) is 0 Å². The molecular weight excluding hydrogens is 345 g/mol. The molecule has 7 heteroatoms. The van der Waals surface area contributed by atoms with E-state index < -0.39 is 29.0 Å². The molecule has 26 heavy (non-hydrogen) atoms. The van der Waals surface area contributed by atoms with Crippen LogP contribution in [0.5, 0.6) is 0 Å². The van der Waals surface area contributed by atoms with Gasteiger partial charge in [0.2, 0.25) is 11.8 Å². The van der Waals surface area contributed by atoms with Crippen LogP contribution in [-0.4, -0.2) is 29.8 Å². The van der Waals surface area contributed by atoms with E-state index in [9.17, 15) is 22.8 Å². The zero-order valence-electron chi connectivity index (χ0n) is 14.3. The summed E-state index contributed by atoms with van der Waals surface area (Å²) in [5.74, 6) is -3.24. The normalized spacial score (nSPS) is 10.5. The molecule has 2 amide bonds. The number of hydrogen-bond donors (Lipinski definition) is 1. The summed E-state index contributed by atoms with van der Waals surface area (Å²) in [4.78, 5) is 25.5. The molecule has 0 fully saturated rings. The third-order valence-corrected chi connectivity index (χ3v) is 3.86. The Balaban J connectivity index is 1.94. The predicted octanol–water partition coefficient (Wildman–Crippen LogP) is 3.52. The van der Waals surface area contributed by atoms with Gasteiger partial charge in [-0.25, -0.2) is 13.2 Å². The van der Waals surface area contributed by atoms with Gasteiger partial charge in [-0.05, 0) is 37.1 Å². The monoisotopic (exact) mass is 364 g/mol.